The molecule has 4 heterocycles. The summed E-state index contributed by atoms with van der Waals surface area (Å²) >= 11 is 1.77. The number of nitrogens with zero attached hydrogens (tertiary/aromatic N) is 6. The number of aryl methyl sites for hydroxylation is 3. The Morgan fingerprint density at radius 1 is 1.17 bits per heavy atom. The van der Waals surface area contributed by atoms with Crippen LogP contribution in [0.1, 0.15) is 54.4 Å². The molecule has 0 saturated heterocycles. The molecule has 0 saturated carbocycles. The third-order valence-corrected chi connectivity index (χ3v) is 6.37. The molecule has 0 bridgehead atoms. The normalized spacial score (nSPS) is 14.7. The average molecular weight is 408 g/mol. The molecule has 148 valence electrons. The van der Waals surface area contributed by atoms with Gasteiger partial charge in [-0.3, -0.25) is 4.98 Å². The molecule has 9 heteroatoms. The van der Waals surface area contributed by atoms with Gasteiger partial charge in [0.15, 0.2) is 11.6 Å². The van der Waals surface area contributed by atoms with Crippen molar-refractivity contribution >= 4 is 27.4 Å². The first kappa shape index (κ1) is 18.1. The zero-order valence-electron chi connectivity index (χ0n) is 16.3. The van der Waals surface area contributed by atoms with E-state index in [-0.39, 0.29) is 6.04 Å². The quantitative estimate of drug-likeness (QED) is 0.523. The molecule has 1 unspecified atom stereocenters. The molecule has 1 aliphatic carbocycles. The van der Waals surface area contributed by atoms with Gasteiger partial charge in [0.05, 0.1) is 17.6 Å². The van der Waals surface area contributed by atoms with Gasteiger partial charge >= 0.3 is 0 Å². The molecule has 1 N–H and O–H groups in total. The first-order chi connectivity index (χ1) is 14.2. The van der Waals surface area contributed by atoms with Gasteiger partial charge in [0.25, 0.3) is 0 Å². The monoisotopic (exact) mass is 407 g/mol. The van der Waals surface area contributed by atoms with Gasteiger partial charge in [0.1, 0.15) is 16.3 Å². The molecule has 1 atom stereocenters. The summed E-state index contributed by atoms with van der Waals surface area (Å²) in [5.41, 5.74) is 2.04. The Morgan fingerprint density at radius 3 is 2.83 bits per heavy atom. The summed E-state index contributed by atoms with van der Waals surface area (Å²) in [5, 5.41) is 8.80. The molecule has 29 heavy (non-hydrogen) atoms. The number of thiophene rings is 1. The Balaban J connectivity index is 1.65. The second kappa shape index (κ2) is 7.47. The lowest BCUT2D eigenvalue weighted by Gasteiger charge is -2.17. The highest BCUT2D eigenvalue weighted by Crippen LogP contribution is 2.40. The fourth-order valence-corrected chi connectivity index (χ4v) is 5.02. The summed E-state index contributed by atoms with van der Waals surface area (Å²) in [4.78, 5) is 25.1. The molecule has 0 radical (unpaired) electrons. The fraction of sp³-hybridized carbons (Fsp3) is 0.400. The third-order valence-electron chi connectivity index (χ3n) is 5.18. The minimum Gasteiger partial charge on any atom is -0.359 e. The van der Waals surface area contributed by atoms with Crippen LogP contribution in [-0.2, 0) is 12.8 Å². The number of rotatable bonds is 5. The number of anilines is 1. The molecule has 4 aromatic rings. The molecular formula is C20H21N7OS. The van der Waals surface area contributed by atoms with Crippen LogP contribution < -0.4 is 5.32 Å². The van der Waals surface area contributed by atoms with Crippen molar-refractivity contribution < 1.29 is 4.52 Å². The van der Waals surface area contributed by atoms with Gasteiger partial charge in [-0.15, -0.1) is 11.3 Å². The maximum atomic E-state index is 5.19. The summed E-state index contributed by atoms with van der Waals surface area (Å²) in [6.07, 6.45) is 10.4. The molecule has 8 nitrogen and oxygen atoms in total. The molecule has 0 amide bonds. The summed E-state index contributed by atoms with van der Waals surface area (Å²) in [7, 11) is 0. The van der Waals surface area contributed by atoms with Crippen LogP contribution in [-0.4, -0.2) is 30.1 Å². The van der Waals surface area contributed by atoms with Gasteiger partial charge in [0, 0.05) is 24.2 Å². The smallest absolute Gasteiger partial charge is 0.223 e. The van der Waals surface area contributed by atoms with Crippen LogP contribution in [0.4, 0.5) is 5.82 Å². The van der Waals surface area contributed by atoms with Gasteiger partial charge in [-0.05, 0) is 37.7 Å². The topological polar surface area (TPSA) is 103 Å². The maximum Gasteiger partial charge on any atom is 0.223 e. The minimum absolute atomic E-state index is 0.0978. The summed E-state index contributed by atoms with van der Waals surface area (Å²) < 4.78 is 5.19. The van der Waals surface area contributed by atoms with Crippen molar-refractivity contribution in [1.82, 2.24) is 30.1 Å². The van der Waals surface area contributed by atoms with E-state index in [0.717, 1.165) is 35.3 Å². The first-order valence-electron chi connectivity index (χ1n) is 9.88. The number of aromatic nitrogens is 6. The first-order valence-corrected chi connectivity index (χ1v) is 10.7. The third kappa shape index (κ3) is 3.35. The zero-order chi connectivity index (χ0) is 19.8. The van der Waals surface area contributed by atoms with Crippen molar-refractivity contribution in [3.63, 3.8) is 0 Å². The van der Waals surface area contributed by atoms with Crippen molar-refractivity contribution in [3.05, 3.63) is 40.7 Å². The van der Waals surface area contributed by atoms with Crippen LogP contribution in [0.25, 0.3) is 21.7 Å². The van der Waals surface area contributed by atoms with E-state index in [0.29, 0.717) is 23.2 Å². The van der Waals surface area contributed by atoms with E-state index in [1.54, 1.807) is 36.9 Å². The van der Waals surface area contributed by atoms with E-state index in [9.17, 15) is 0 Å². The minimum atomic E-state index is -0.0978. The lowest BCUT2D eigenvalue weighted by molar-refractivity contribution is 0.384. The molecule has 0 aliphatic heterocycles. The van der Waals surface area contributed by atoms with E-state index in [1.165, 1.54) is 23.3 Å². The largest absolute Gasteiger partial charge is 0.359 e. The van der Waals surface area contributed by atoms with E-state index < -0.39 is 0 Å². The van der Waals surface area contributed by atoms with Gasteiger partial charge in [-0.2, -0.15) is 4.98 Å². The molecular weight excluding hydrogens is 386 g/mol. The van der Waals surface area contributed by atoms with Crippen molar-refractivity contribution in [1.29, 1.82) is 0 Å². The van der Waals surface area contributed by atoms with Crippen LogP contribution >= 0.6 is 11.3 Å². The van der Waals surface area contributed by atoms with E-state index in [4.69, 9.17) is 14.5 Å². The van der Waals surface area contributed by atoms with Crippen molar-refractivity contribution in [2.24, 2.45) is 0 Å². The van der Waals surface area contributed by atoms with Crippen LogP contribution in [0.5, 0.6) is 0 Å². The second-order valence-electron chi connectivity index (χ2n) is 7.15. The SMILES string of the molecule is CCC(Nc1nc(-c2cnccn2)nc2sc3c(c12)CCCC3)c1noc(C)n1. The molecule has 5 rings (SSSR count). The molecule has 0 spiro atoms. The van der Waals surface area contributed by atoms with Crippen LogP contribution in [0.15, 0.2) is 23.1 Å². The number of hydrogen-bond donors (Lipinski definition) is 1. The van der Waals surface area contributed by atoms with Crippen LogP contribution in [0, 0.1) is 6.92 Å². The van der Waals surface area contributed by atoms with Gasteiger partial charge in [0.2, 0.25) is 5.89 Å². The highest BCUT2D eigenvalue weighted by molar-refractivity contribution is 7.19. The Hall–Kier alpha value is -2.94. The Labute approximate surface area is 171 Å². The average Bonchev–Trinajstić information content (AvgIpc) is 3.35. The summed E-state index contributed by atoms with van der Waals surface area (Å²) in [6, 6.07) is -0.0978. The highest BCUT2D eigenvalue weighted by atomic mass is 32.1. The van der Waals surface area contributed by atoms with Crippen molar-refractivity contribution in [2.75, 3.05) is 5.32 Å². The summed E-state index contributed by atoms with van der Waals surface area (Å²) in [5.74, 6) is 2.58. The Bertz CT molecular complexity index is 1150. The Kier molecular flexibility index (Phi) is 4.67. The van der Waals surface area contributed by atoms with Gasteiger partial charge in [-0.1, -0.05) is 12.1 Å². The molecule has 0 fully saturated rings. The molecule has 4 aromatic heterocycles. The maximum absolute atomic E-state index is 5.19. The lowest BCUT2D eigenvalue weighted by atomic mass is 9.97. The number of hydrogen-bond acceptors (Lipinski definition) is 9. The second-order valence-corrected chi connectivity index (χ2v) is 8.24. The molecule has 0 aromatic carbocycles. The Morgan fingerprint density at radius 2 is 2.07 bits per heavy atom. The number of nitrogens with one attached hydrogen (secondary N) is 1. The predicted molar refractivity (Wildman–Crippen MR) is 111 cm³/mol. The summed E-state index contributed by atoms with van der Waals surface area (Å²) in [6.45, 7) is 3.89. The van der Waals surface area contributed by atoms with Crippen molar-refractivity contribution in [3.8, 4) is 11.5 Å². The van der Waals surface area contributed by atoms with Gasteiger partial charge < -0.3 is 9.84 Å². The van der Waals surface area contributed by atoms with Crippen molar-refractivity contribution in [2.45, 2.75) is 52.0 Å². The number of fused-ring (bicyclic) bond motifs is 3. The zero-order valence-corrected chi connectivity index (χ0v) is 17.2. The van der Waals surface area contributed by atoms with E-state index >= 15 is 0 Å². The van der Waals surface area contributed by atoms with E-state index in [1.807, 2.05) is 0 Å². The predicted octanol–water partition coefficient (Wildman–Crippen LogP) is 4.28. The van der Waals surface area contributed by atoms with E-state index in [2.05, 4.69) is 32.3 Å². The molecule has 1 aliphatic rings. The van der Waals surface area contributed by atoms with Crippen LogP contribution in [0.3, 0.4) is 0 Å². The van der Waals surface area contributed by atoms with Crippen LogP contribution in [0.2, 0.25) is 0 Å². The fourth-order valence-electron chi connectivity index (χ4n) is 3.76. The standard InChI is InChI=1S/C20H21N7OS/c1-3-13(18-23-11(2)28-27-18)24-19-16-12-6-4-5-7-15(12)29-20(16)26-17(25-19)14-10-21-8-9-22-14/h8-10,13H,3-7H2,1-2H3,(H,24,25,26). The van der Waals surface area contributed by atoms with Gasteiger partial charge in [-0.25, -0.2) is 15.0 Å². The lowest BCUT2D eigenvalue weighted by Crippen LogP contribution is -2.14. The highest BCUT2D eigenvalue weighted by Gasteiger charge is 2.24.